The third kappa shape index (κ3) is 6.09. The largest absolute Gasteiger partial charge is 0.355 e. The summed E-state index contributed by atoms with van der Waals surface area (Å²) in [6.07, 6.45) is 0.212. The van der Waals surface area contributed by atoms with Gasteiger partial charge in [-0.15, -0.1) is 0 Å². The topological polar surface area (TPSA) is 87.3 Å². The molecule has 144 valence electrons. The Bertz CT molecular complexity index is 812. The highest BCUT2D eigenvalue weighted by Gasteiger charge is 2.24. The first-order chi connectivity index (χ1) is 12.9. The maximum atomic E-state index is 12.5. The molecule has 3 amide bonds. The Morgan fingerprint density at radius 2 is 1.59 bits per heavy atom. The van der Waals surface area contributed by atoms with Gasteiger partial charge >= 0.3 is 0 Å². The van der Waals surface area contributed by atoms with E-state index < -0.39 is 6.04 Å². The molecule has 2 aromatic carbocycles. The van der Waals surface area contributed by atoms with Gasteiger partial charge in [-0.2, -0.15) is 0 Å². The molecule has 2 aromatic rings. The minimum Gasteiger partial charge on any atom is -0.355 e. The van der Waals surface area contributed by atoms with Crippen LogP contribution in [0.4, 0.5) is 0 Å². The molecular weight excluding hydrogens is 342 g/mol. The number of nitrogens with one attached hydrogen (secondary N) is 3. The highest BCUT2D eigenvalue weighted by Crippen LogP contribution is 2.19. The van der Waals surface area contributed by atoms with Crippen LogP contribution in [0.15, 0.2) is 42.5 Å². The second-order valence-corrected chi connectivity index (χ2v) is 6.88. The number of rotatable bonds is 8. The Morgan fingerprint density at radius 1 is 0.926 bits per heavy atom. The van der Waals surface area contributed by atoms with Crippen LogP contribution in [0, 0.1) is 5.92 Å². The Hall–Kier alpha value is -2.89. The van der Waals surface area contributed by atoms with E-state index in [0.29, 0.717) is 13.1 Å². The van der Waals surface area contributed by atoms with Gasteiger partial charge in [0.2, 0.25) is 17.7 Å². The maximum absolute atomic E-state index is 12.5. The van der Waals surface area contributed by atoms with E-state index >= 15 is 0 Å². The summed E-state index contributed by atoms with van der Waals surface area (Å²) in [6, 6.07) is 13.2. The zero-order chi connectivity index (χ0) is 19.8. The number of hydrogen-bond acceptors (Lipinski definition) is 3. The second-order valence-electron chi connectivity index (χ2n) is 6.88. The van der Waals surface area contributed by atoms with Gasteiger partial charge in [-0.25, -0.2) is 0 Å². The molecule has 0 aromatic heterocycles. The lowest BCUT2D eigenvalue weighted by Crippen LogP contribution is -2.51. The number of fused-ring (bicyclic) bond motifs is 1. The van der Waals surface area contributed by atoms with Crippen molar-refractivity contribution in [1.29, 1.82) is 0 Å². The van der Waals surface area contributed by atoms with E-state index in [2.05, 4.69) is 16.0 Å². The third-order valence-corrected chi connectivity index (χ3v) is 4.29. The summed E-state index contributed by atoms with van der Waals surface area (Å²) in [5, 5.41) is 10.3. The van der Waals surface area contributed by atoms with Crippen LogP contribution in [0.25, 0.3) is 10.8 Å². The monoisotopic (exact) mass is 369 g/mol. The fraction of sp³-hybridized carbons (Fsp3) is 0.381. The smallest absolute Gasteiger partial charge is 0.242 e. The van der Waals surface area contributed by atoms with Crippen LogP contribution in [-0.4, -0.2) is 36.9 Å². The highest BCUT2D eigenvalue weighted by molar-refractivity contribution is 5.92. The quantitative estimate of drug-likeness (QED) is 0.620. The summed E-state index contributed by atoms with van der Waals surface area (Å²) >= 11 is 0. The maximum Gasteiger partial charge on any atom is 0.242 e. The van der Waals surface area contributed by atoms with Crippen molar-refractivity contribution in [1.82, 2.24) is 16.0 Å². The number of carbonyl (C=O) groups excluding carboxylic acids is 3. The van der Waals surface area contributed by atoms with E-state index in [9.17, 15) is 14.4 Å². The Labute approximate surface area is 159 Å². The summed E-state index contributed by atoms with van der Waals surface area (Å²) < 4.78 is 0. The van der Waals surface area contributed by atoms with Gasteiger partial charge in [-0.3, -0.25) is 14.4 Å². The van der Waals surface area contributed by atoms with Crippen molar-refractivity contribution in [2.45, 2.75) is 33.2 Å². The minimum atomic E-state index is -0.621. The fourth-order valence-electron chi connectivity index (χ4n) is 2.91. The van der Waals surface area contributed by atoms with Crippen LogP contribution in [0.3, 0.4) is 0 Å². The first-order valence-electron chi connectivity index (χ1n) is 9.16. The molecule has 2 rings (SSSR count). The van der Waals surface area contributed by atoms with Crippen molar-refractivity contribution >= 4 is 28.5 Å². The van der Waals surface area contributed by atoms with Crippen LogP contribution in [0.5, 0.6) is 0 Å². The molecule has 0 bridgehead atoms. The highest BCUT2D eigenvalue weighted by atomic mass is 16.2. The van der Waals surface area contributed by atoms with E-state index in [1.165, 1.54) is 6.92 Å². The molecule has 0 fully saturated rings. The molecule has 0 saturated carbocycles. The number of carbonyl (C=O) groups is 3. The first kappa shape index (κ1) is 20.4. The van der Waals surface area contributed by atoms with E-state index in [0.717, 1.165) is 16.3 Å². The first-order valence-corrected chi connectivity index (χ1v) is 9.16. The molecule has 27 heavy (non-hydrogen) atoms. The molecule has 0 unspecified atom stereocenters. The molecule has 0 radical (unpaired) electrons. The van der Waals surface area contributed by atoms with E-state index in [1.807, 2.05) is 56.3 Å². The van der Waals surface area contributed by atoms with Gasteiger partial charge in [0.05, 0.1) is 6.42 Å². The Morgan fingerprint density at radius 3 is 2.30 bits per heavy atom. The molecule has 6 nitrogen and oxygen atoms in total. The lowest BCUT2D eigenvalue weighted by Gasteiger charge is -2.22. The van der Waals surface area contributed by atoms with Crippen LogP contribution in [-0.2, 0) is 20.8 Å². The van der Waals surface area contributed by atoms with Crippen LogP contribution < -0.4 is 16.0 Å². The van der Waals surface area contributed by atoms with Crippen molar-refractivity contribution in [3.05, 3.63) is 48.0 Å². The normalized spacial score (nSPS) is 11.9. The summed E-state index contributed by atoms with van der Waals surface area (Å²) in [5.41, 5.74) is 0.930. The molecule has 0 saturated heterocycles. The number of hydrogen-bond donors (Lipinski definition) is 3. The SMILES string of the molecule is CC(=O)NCCNC(=O)[C@H](NC(=O)Cc1cccc2ccccc12)C(C)C. The summed E-state index contributed by atoms with van der Waals surface area (Å²) in [7, 11) is 0. The predicted molar refractivity (Wildman–Crippen MR) is 106 cm³/mol. The van der Waals surface area contributed by atoms with E-state index in [1.54, 1.807) is 0 Å². The molecule has 0 aliphatic rings. The molecular formula is C21H27N3O3. The average Bonchev–Trinajstić information content (AvgIpc) is 2.63. The van der Waals surface area contributed by atoms with Crippen molar-refractivity contribution in [2.24, 2.45) is 5.92 Å². The summed E-state index contributed by atoms with van der Waals surface area (Å²) in [4.78, 5) is 35.8. The van der Waals surface area contributed by atoms with Gasteiger partial charge in [0, 0.05) is 20.0 Å². The summed E-state index contributed by atoms with van der Waals surface area (Å²) in [5.74, 6) is -0.640. The second kappa shape index (κ2) is 9.71. The van der Waals surface area contributed by atoms with Crippen LogP contribution in [0.2, 0.25) is 0 Å². The molecule has 0 heterocycles. The number of benzene rings is 2. The third-order valence-electron chi connectivity index (χ3n) is 4.29. The van der Waals surface area contributed by atoms with Gasteiger partial charge in [0.25, 0.3) is 0 Å². The number of amides is 3. The zero-order valence-electron chi connectivity index (χ0n) is 16.0. The molecule has 1 atom stereocenters. The Balaban J connectivity index is 1.98. The molecule has 0 aliphatic heterocycles. The summed E-state index contributed by atoms with van der Waals surface area (Å²) in [6.45, 7) is 5.87. The van der Waals surface area contributed by atoms with Crippen molar-refractivity contribution in [3.63, 3.8) is 0 Å². The van der Waals surface area contributed by atoms with E-state index in [4.69, 9.17) is 0 Å². The van der Waals surface area contributed by atoms with Crippen LogP contribution >= 0.6 is 0 Å². The van der Waals surface area contributed by atoms with Gasteiger partial charge in [-0.1, -0.05) is 56.3 Å². The minimum absolute atomic E-state index is 0.0535. The molecule has 0 aliphatic carbocycles. The lowest BCUT2D eigenvalue weighted by atomic mass is 10.0. The average molecular weight is 369 g/mol. The van der Waals surface area contributed by atoms with Crippen molar-refractivity contribution in [2.75, 3.05) is 13.1 Å². The van der Waals surface area contributed by atoms with Crippen molar-refractivity contribution in [3.8, 4) is 0 Å². The lowest BCUT2D eigenvalue weighted by molar-refractivity contribution is -0.129. The van der Waals surface area contributed by atoms with Crippen molar-refractivity contribution < 1.29 is 14.4 Å². The van der Waals surface area contributed by atoms with E-state index in [-0.39, 0.29) is 30.1 Å². The molecule has 6 heteroatoms. The van der Waals surface area contributed by atoms with Gasteiger partial charge in [0.1, 0.15) is 6.04 Å². The molecule has 0 spiro atoms. The predicted octanol–water partition coefficient (Wildman–Crippen LogP) is 1.78. The fourth-order valence-corrected chi connectivity index (χ4v) is 2.91. The molecule has 3 N–H and O–H groups in total. The zero-order valence-corrected chi connectivity index (χ0v) is 16.0. The Kier molecular flexibility index (Phi) is 7.34. The van der Waals surface area contributed by atoms with Crippen LogP contribution in [0.1, 0.15) is 26.3 Å². The van der Waals surface area contributed by atoms with Gasteiger partial charge in [-0.05, 0) is 22.3 Å². The standard InChI is InChI=1S/C21H27N3O3/c1-14(2)20(21(27)23-12-11-22-15(3)25)24-19(26)13-17-9-6-8-16-7-4-5-10-18(16)17/h4-10,14,20H,11-13H2,1-3H3,(H,22,25)(H,23,27)(H,24,26)/t20-/m1/s1. The van der Waals surface area contributed by atoms with Gasteiger partial charge < -0.3 is 16.0 Å². The van der Waals surface area contributed by atoms with Gasteiger partial charge in [0.15, 0.2) is 0 Å².